The van der Waals surface area contributed by atoms with Crippen molar-refractivity contribution >= 4 is 47.8 Å². The van der Waals surface area contributed by atoms with Gasteiger partial charge in [0, 0.05) is 22.0 Å². The Hall–Kier alpha value is -0.440. The van der Waals surface area contributed by atoms with Gasteiger partial charge in [-0.1, -0.05) is 15.9 Å². The largest absolute Gasteiger partial charge is 0.354 e. The number of halogens is 2. The Kier molecular flexibility index (Phi) is 4.34. The van der Waals surface area contributed by atoms with Crippen LogP contribution in [0.25, 0.3) is 0 Å². The van der Waals surface area contributed by atoms with Crippen LogP contribution in [0.1, 0.15) is 5.56 Å². The Morgan fingerprint density at radius 1 is 1.26 bits per heavy atom. The first-order valence-electron chi connectivity index (χ1n) is 5.55. The lowest BCUT2D eigenvalue weighted by atomic mass is 10.2. The molecule has 1 amide bonds. The molecule has 1 aliphatic rings. The fraction of sp³-hybridized carbons (Fsp3) is 0.364. The van der Waals surface area contributed by atoms with Crippen LogP contribution in [-0.2, 0) is 14.8 Å². The number of hydrogen-bond donors (Lipinski definition) is 1. The second kappa shape index (κ2) is 5.51. The van der Waals surface area contributed by atoms with Crippen LogP contribution in [0.2, 0.25) is 0 Å². The van der Waals surface area contributed by atoms with Gasteiger partial charge >= 0.3 is 0 Å². The summed E-state index contributed by atoms with van der Waals surface area (Å²) in [6.07, 6.45) is 0. The van der Waals surface area contributed by atoms with Crippen LogP contribution in [0.4, 0.5) is 0 Å². The van der Waals surface area contributed by atoms with E-state index in [2.05, 4.69) is 37.2 Å². The molecule has 0 aromatic heterocycles. The van der Waals surface area contributed by atoms with E-state index in [4.69, 9.17) is 0 Å². The summed E-state index contributed by atoms with van der Waals surface area (Å²) in [6, 6.07) is 3.29. The summed E-state index contributed by atoms with van der Waals surface area (Å²) in [6.45, 7) is 2.36. The summed E-state index contributed by atoms with van der Waals surface area (Å²) < 4.78 is 27.4. The average Bonchev–Trinajstić information content (AvgIpc) is 2.33. The minimum absolute atomic E-state index is 0.139. The molecule has 2 rings (SSSR count). The summed E-state index contributed by atoms with van der Waals surface area (Å²) >= 11 is 6.60. The number of carbonyl (C=O) groups excluding carboxylic acids is 1. The molecule has 0 aliphatic carbocycles. The number of benzene rings is 1. The number of sulfonamides is 1. The fourth-order valence-electron chi connectivity index (χ4n) is 1.79. The summed E-state index contributed by atoms with van der Waals surface area (Å²) in [4.78, 5) is 11.5. The minimum Gasteiger partial charge on any atom is -0.354 e. The van der Waals surface area contributed by atoms with E-state index in [1.807, 2.05) is 6.92 Å². The first-order chi connectivity index (χ1) is 8.82. The van der Waals surface area contributed by atoms with Gasteiger partial charge in [-0.05, 0) is 40.5 Å². The zero-order valence-corrected chi connectivity index (χ0v) is 14.1. The summed E-state index contributed by atoms with van der Waals surface area (Å²) in [5.74, 6) is -0.280. The molecule has 8 heteroatoms. The van der Waals surface area contributed by atoms with Gasteiger partial charge in [0.2, 0.25) is 15.9 Å². The highest BCUT2D eigenvalue weighted by molar-refractivity contribution is 9.11. The van der Waals surface area contributed by atoms with Crippen molar-refractivity contribution in [2.24, 2.45) is 0 Å². The standard InChI is InChI=1S/C11H12Br2N2O3S/c1-7-4-9(13)10(5-8(7)12)19(17,18)15-3-2-14-11(16)6-15/h4-5H,2-3,6H2,1H3,(H,14,16). The van der Waals surface area contributed by atoms with E-state index in [-0.39, 0.29) is 23.9 Å². The Morgan fingerprint density at radius 3 is 2.58 bits per heavy atom. The number of amides is 1. The number of aryl methyl sites for hydroxylation is 1. The van der Waals surface area contributed by atoms with Crippen LogP contribution < -0.4 is 5.32 Å². The van der Waals surface area contributed by atoms with Crippen LogP contribution in [0.3, 0.4) is 0 Å². The monoisotopic (exact) mass is 410 g/mol. The predicted octanol–water partition coefficient (Wildman–Crippen LogP) is 1.64. The maximum absolute atomic E-state index is 12.5. The van der Waals surface area contributed by atoms with Crippen LogP contribution >= 0.6 is 31.9 Å². The summed E-state index contributed by atoms with van der Waals surface area (Å²) in [7, 11) is -3.67. The SMILES string of the molecule is Cc1cc(Br)c(S(=O)(=O)N2CCNC(=O)C2)cc1Br. The second-order valence-corrected chi connectivity index (χ2v) is 7.84. The molecule has 0 atom stereocenters. The number of carbonyl (C=O) groups is 1. The van der Waals surface area contributed by atoms with E-state index in [1.54, 1.807) is 12.1 Å². The Labute approximate surface area is 128 Å². The molecule has 0 saturated carbocycles. The Bertz CT molecular complexity index is 631. The van der Waals surface area contributed by atoms with Crippen molar-refractivity contribution in [3.05, 3.63) is 26.6 Å². The van der Waals surface area contributed by atoms with E-state index < -0.39 is 10.0 Å². The molecule has 1 heterocycles. The van der Waals surface area contributed by atoms with Gasteiger partial charge in [-0.15, -0.1) is 0 Å². The van der Waals surface area contributed by atoms with Gasteiger partial charge in [-0.2, -0.15) is 4.31 Å². The van der Waals surface area contributed by atoms with Crippen molar-refractivity contribution in [2.75, 3.05) is 19.6 Å². The molecule has 0 unspecified atom stereocenters. The molecule has 5 nitrogen and oxygen atoms in total. The van der Waals surface area contributed by atoms with Crippen molar-refractivity contribution in [1.29, 1.82) is 0 Å². The Morgan fingerprint density at radius 2 is 1.95 bits per heavy atom. The molecule has 104 valence electrons. The third-order valence-corrected chi connectivity index (χ3v) is 6.49. The number of nitrogens with zero attached hydrogens (tertiary/aromatic N) is 1. The molecular formula is C11H12Br2N2O3S. The van der Waals surface area contributed by atoms with E-state index in [1.165, 1.54) is 4.31 Å². The molecule has 1 aromatic carbocycles. The van der Waals surface area contributed by atoms with Crippen LogP contribution in [0.5, 0.6) is 0 Å². The smallest absolute Gasteiger partial charge is 0.244 e. The van der Waals surface area contributed by atoms with Gasteiger partial charge in [0.05, 0.1) is 11.4 Å². The molecule has 19 heavy (non-hydrogen) atoms. The zero-order chi connectivity index (χ0) is 14.2. The van der Waals surface area contributed by atoms with Crippen LogP contribution in [0.15, 0.2) is 26.0 Å². The highest BCUT2D eigenvalue weighted by Gasteiger charge is 2.30. The third kappa shape index (κ3) is 3.01. The van der Waals surface area contributed by atoms with E-state index in [0.29, 0.717) is 11.0 Å². The highest BCUT2D eigenvalue weighted by Crippen LogP contribution is 2.30. The highest BCUT2D eigenvalue weighted by atomic mass is 79.9. The molecule has 0 bridgehead atoms. The normalized spacial score (nSPS) is 17.3. The van der Waals surface area contributed by atoms with Crippen LogP contribution in [0, 0.1) is 6.92 Å². The molecule has 1 aliphatic heterocycles. The first-order valence-corrected chi connectivity index (χ1v) is 8.57. The van der Waals surface area contributed by atoms with Gasteiger partial charge < -0.3 is 5.32 Å². The zero-order valence-electron chi connectivity index (χ0n) is 10.1. The van der Waals surface area contributed by atoms with Gasteiger partial charge in [0.15, 0.2) is 0 Å². The summed E-state index contributed by atoms with van der Waals surface area (Å²) in [5, 5.41) is 2.60. The lowest BCUT2D eigenvalue weighted by molar-refractivity contribution is -0.122. The summed E-state index contributed by atoms with van der Waals surface area (Å²) in [5.41, 5.74) is 0.933. The van der Waals surface area contributed by atoms with E-state index in [0.717, 1.165) is 10.0 Å². The van der Waals surface area contributed by atoms with Crippen LogP contribution in [-0.4, -0.2) is 38.3 Å². The molecular weight excluding hydrogens is 400 g/mol. The lowest BCUT2D eigenvalue weighted by Crippen LogP contribution is -2.49. The molecule has 0 spiro atoms. The molecule has 1 saturated heterocycles. The number of hydrogen-bond acceptors (Lipinski definition) is 3. The van der Waals surface area contributed by atoms with Gasteiger partial charge in [0.25, 0.3) is 0 Å². The third-order valence-electron chi connectivity index (χ3n) is 2.83. The first kappa shape index (κ1) is 15.0. The number of piperazine rings is 1. The minimum atomic E-state index is -3.67. The molecule has 0 radical (unpaired) electrons. The maximum Gasteiger partial charge on any atom is 0.244 e. The fourth-order valence-corrected chi connectivity index (χ4v) is 4.82. The molecule has 1 N–H and O–H groups in total. The topological polar surface area (TPSA) is 66.5 Å². The van der Waals surface area contributed by atoms with E-state index in [9.17, 15) is 13.2 Å². The van der Waals surface area contributed by atoms with Gasteiger partial charge in [-0.3, -0.25) is 4.79 Å². The average molecular weight is 412 g/mol. The second-order valence-electron chi connectivity index (χ2n) is 4.22. The van der Waals surface area contributed by atoms with Gasteiger partial charge in [0.1, 0.15) is 0 Å². The van der Waals surface area contributed by atoms with Gasteiger partial charge in [-0.25, -0.2) is 8.42 Å². The lowest BCUT2D eigenvalue weighted by Gasteiger charge is -2.26. The molecule has 1 fully saturated rings. The van der Waals surface area contributed by atoms with E-state index >= 15 is 0 Å². The maximum atomic E-state index is 12.5. The van der Waals surface area contributed by atoms with Crippen molar-refractivity contribution < 1.29 is 13.2 Å². The number of rotatable bonds is 2. The van der Waals surface area contributed by atoms with Crippen molar-refractivity contribution in [1.82, 2.24) is 9.62 Å². The van der Waals surface area contributed by atoms with Crippen molar-refractivity contribution in [2.45, 2.75) is 11.8 Å². The Balaban J connectivity index is 2.44. The quantitative estimate of drug-likeness (QED) is 0.804. The van der Waals surface area contributed by atoms with Crippen molar-refractivity contribution in [3.8, 4) is 0 Å². The predicted molar refractivity (Wildman–Crippen MR) is 78.3 cm³/mol. The van der Waals surface area contributed by atoms with Crippen molar-refractivity contribution in [3.63, 3.8) is 0 Å². The number of nitrogens with one attached hydrogen (secondary N) is 1. The molecule has 1 aromatic rings.